The zero-order valence-electron chi connectivity index (χ0n) is 19.3. The topological polar surface area (TPSA) is 128 Å². The molecule has 1 aromatic carbocycles. The maximum absolute atomic E-state index is 13.3. The maximum atomic E-state index is 13.3. The molecule has 1 amide bonds. The van der Waals surface area contributed by atoms with Crippen LogP contribution >= 0.6 is 11.6 Å². The van der Waals surface area contributed by atoms with E-state index in [4.69, 9.17) is 11.6 Å². The fourth-order valence-electron chi connectivity index (χ4n) is 4.09. The molecular formula is C24H22ClN9O2. The second kappa shape index (κ2) is 8.85. The number of nitrogens with zero attached hydrogens (tertiary/aromatic N) is 8. The Morgan fingerprint density at radius 1 is 1.19 bits per heavy atom. The predicted molar refractivity (Wildman–Crippen MR) is 133 cm³/mol. The number of aliphatic hydroxyl groups is 1. The molecule has 0 bridgehead atoms. The van der Waals surface area contributed by atoms with Crippen LogP contribution in [-0.4, -0.2) is 57.2 Å². The Balaban J connectivity index is 1.29. The Bertz CT molecular complexity index is 1600. The fourth-order valence-corrected chi connectivity index (χ4v) is 4.26. The zero-order chi connectivity index (χ0) is 24.8. The van der Waals surface area contributed by atoms with Crippen molar-refractivity contribution >= 4 is 28.7 Å². The molecule has 0 unspecified atom stereocenters. The Morgan fingerprint density at radius 3 is 2.86 bits per heavy atom. The number of nitrogens with one attached hydrogen (secondary N) is 1. The summed E-state index contributed by atoms with van der Waals surface area (Å²) in [6.07, 6.45) is 7.32. The van der Waals surface area contributed by atoms with Crippen LogP contribution in [0.5, 0.6) is 0 Å². The summed E-state index contributed by atoms with van der Waals surface area (Å²) < 4.78 is 3.34. The molecule has 182 valence electrons. The van der Waals surface area contributed by atoms with Gasteiger partial charge in [0.15, 0.2) is 0 Å². The SMILES string of the molecule is Cc1nn(CCO)cc1-c1ccn2ncc(C(=O)Nc3cc(-c4nnn(C5CC5)n4)ccc3Cl)c2c1. The summed E-state index contributed by atoms with van der Waals surface area (Å²) in [5.41, 5.74) is 4.83. The molecular weight excluding hydrogens is 482 g/mol. The molecule has 1 aliphatic rings. The van der Waals surface area contributed by atoms with Crippen molar-refractivity contribution in [2.24, 2.45) is 0 Å². The van der Waals surface area contributed by atoms with Crippen LogP contribution in [-0.2, 0) is 6.54 Å². The van der Waals surface area contributed by atoms with Gasteiger partial charge in [-0.25, -0.2) is 4.52 Å². The van der Waals surface area contributed by atoms with E-state index in [1.807, 2.05) is 25.3 Å². The molecule has 0 aliphatic heterocycles. The average Bonchev–Trinajstić information content (AvgIpc) is 3.27. The normalized spacial score (nSPS) is 13.4. The van der Waals surface area contributed by atoms with Gasteiger partial charge in [-0.2, -0.15) is 15.0 Å². The third-order valence-corrected chi connectivity index (χ3v) is 6.46. The largest absolute Gasteiger partial charge is 0.394 e. The molecule has 0 radical (unpaired) electrons. The van der Waals surface area contributed by atoms with Gasteiger partial charge in [0.1, 0.15) is 0 Å². The van der Waals surface area contributed by atoms with Crippen LogP contribution in [0.2, 0.25) is 5.02 Å². The highest BCUT2D eigenvalue weighted by molar-refractivity contribution is 6.34. The summed E-state index contributed by atoms with van der Waals surface area (Å²) in [4.78, 5) is 14.9. The first-order valence-corrected chi connectivity index (χ1v) is 11.9. The lowest BCUT2D eigenvalue weighted by Gasteiger charge is -2.08. The third kappa shape index (κ3) is 4.12. The Kier molecular flexibility index (Phi) is 5.50. The molecule has 4 heterocycles. The van der Waals surface area contributed by atoms with Crippen molar-refractivity contribution in [1.29, 1.82) is 0 Å². The van der Waals surface area contributed by atoms with E-state index in [0.717, 1.165) is 29.7 Å². The van der Waals surface area contributed by atoms with Crippen LogP contribution in [0.15, 0.2) is 48.9 Å². The van der Waals surface area contributed by atoms with E-state index in [2.05, 4.69) is 30.9 Å². The van der Waals surface area contributed by atoms with E-state index in [1.165, 1.54) is 6.20 Å². The second-order valence-electron chi connectivity index (χ2n) is 8.73. The summed E-state index contributed by atoms with van der Waals surface area (Å²) in [7, 11) is 0. The smallest absolute Gasteiger partial charge is 0.259 e. The Hall–Kier alpha value is -4.09. The molecule has 1 saturated carbocycles. The van der Waals surface area contributed by atoms with Crippen LogP contribution < -0.4 is 5.32 Å². The summed E-state index contributed by atoms with van der Waals surface area (Å²) >= 11 is 6.40. The van der Waals surface area contributed by atoms with Gasteiger partial charge in [-0.05, 0) is 60.9 Å². The van der Waals surface area contributed by atoms with Gasteiger partial charge in [0.2, 0.25) is 5.82 Å². The molecule has 12 heteroatoms. The Labute approximate surface area is 210 Å². The summed E-state index contributed by atoms with van der Waals surface area (Å²) in [5.74, 6) is 0.135. The van der Waals surface area contributed by atoms with Gasteiger partial charge in [0.25, 0.3) is 5.91 Å². The number of pyridine rings is 1. The molecule has 0 spiro atoms. The first-order valence-electron chi connectivity index (χ1n) is 11.5. The summed E-state index contributed by atoms with van der Waals surface area (Å²) in [5, 5.41) is 34.0. The van der Waals surface area contributed by atoms with Crippen LogP contribution in [0.25, 0.3) is 28.0 Å². The monoisotopic (exact) mass is 503 g/mol. The van der Waals surface area contributed by atoms with Crippen LogP contribution in [0.1, 0.15) is 34.9 Å². The van der Waals surface area contributed by atoms with Crippen molar-refractivity contribution in [1.82, 2.24) is 39.6 Å². The van der Waals surface area contributed by atoms with Crippen molar-refractivity contribution in [3.8, 4) is 22.5 Å². The van der Waals surface area contributed by atoms with Crippen LogP contribution in [0.4, 0.5) is 5.69 Å². The van der Waals surface area contributed by atoms with Crippen molar-refractivity contribution in [3.63, 3.8) is 0 Å². The number of benzene rings is 1. The van der Waals surface area contributed by atoms with Gasteiger partial charge < -0.3 is 10.4 Å². The number of rotatable bonds is 7. The number of halogens is 1. The quantitative estimate of drug-likeness (QED) is 0.348. The van der Waals surface area contributed by atoms with Crippen LogP contribution in [0, 0.1) is 6.92 Å². The first kappa shape index (κ1) is 22.4. The number of aliphatic hydroxyl groups excluding tert-OH is 1. The van der Waals surface area contributed by atoms with Gasteiger partial charge in [-0.15, -0.1) is 10.2 Å². The van der Waals surface area contributed by atoms with Gasteiger partial charge in [-0.3, -0.25) is 9.48 Å². The van der Waals surface area contributed by atoms with E-state index in [1.54, 1.807) is 38.4 Å². The molecule has 0 saturated heterocycles. The molecule has 0 atom stereocenters. The van der Waals surface area contributed by atoms with E-state index in [0.29, 0.717) is 45.8 Å². The van der Waals surface area contributed by atoms with Gasteiger partial charge in [0, 0.05) is 23.5 Å². The standard InChI is InChI=1S/C24H22ClN9O2/c1-14-19(13-32(29-14)8-9-35)15-6-7-33-22(11-15)18(12-26-33)24(36)27-21-10-16(2-5-20(21)25)23-28-31-34(30-23)17-3-4-17/h2,5-7,10-13,17,35H,3-4,8-9H2,1H3,(H,27,36). The van der Waals surface area contributed by atoms with E-state index in [-0.39, 0.29) is 12.5 Å². The minimum absolute atomic E-state index is 0.00524. The number of hydrogen-bond acceptors (Lipinski definition) is 7. The lowest BCUT2D eigenvalue weighted by molar-refractivity contribution is 0.102. The zero-order valence-corrected chi connectivity index (χ0v) is 20.1. The van der Waals surface area contributed by atoms with Crippen LogP contribution in [0.3, 0.4) is 0 Å². The average molecular weight is 504 g/mol. The minimum Gasteiger partial charge on any atom is -0.394 e. The number of hydrogen-bond donors (Lipinski definition) is 2. The third-order valence-electron chi connectivity index (χ3n) is 6.13. The maximum Gasteiger partial charge on any atom is 0.259 e. The predicted octanol–water partition coefficient (Wildman–Crippen LogP) is 3.39. The lowest BCUT2D eigenvalue weighted by atomic mass is 10.1. The Morgan fingerprint density at radius 2 is 2.06 bits per heavy atom. The second-order valence-corrected chi connectivity index (χ2v) is 9.14. The number of tetrazole rings is 1. The summed E-state index contributed by atoms with van der Waals surface area (Å²) in [6.45, 7) is 2.32. The number of anilines is 1. The number of carbonyl (C=O) groups is 1. The van der Waals surface area contributed by atoms with Crippen molar-refractivity contribution in [3.05, 3.63) is 65.2 Å². The van der Waals surface area contributed by atoms with E-state index >= 15 is 0 Å². The van der Waals surface area contributed by atoms with Gasteiger partial charge >= 0.3 is 0 Å². The van der Waals surface area contributed by atoms with Gasteiger partial charge in [0.05, 0.1) is 52.9 Å². The fraction of sp³-hybridized carbons (Fsp3) is 0.250. The highest BCUT2D eigenvalue weighted by atomic mass is 35.5. The lowest BCUT2D eigenvalue weighted by Crippen LogP contribution is -2.12. The number of fused-ring (bicyclic) bond motifs is 1. The van der Waals surface area contributed by atoms with E-state index in [9.17, 15) is 9.90 Å². The molecule has 6 rings (SSSR count). The first-order chi connectivity index (χ1) is 17.5. The van der Waals surface area contributed by atoms with Crippen molar-refractivity contribution in [2.45, 2.75) is 32.4 Å². The highest BCUT2D eigenvalue weighted by Crippen LogP contribution is 2.34. The molecule has 2 N–H and O–H groups in total. The summed E-state index contributed by atoms with van der Waals surface area (Å²) in [6, 6.07) is 9.37. The number of aromatic nitrogens is 8. The van der Waals surface area contributed by atoms with Gasteiger partial charge in [-0.1, -0.05) is 11.6 Å². The molecule has 4 aromatic heterocycles. The number of carbonyl (C=O) groups excluding carboxylic acids is 1. The number of amides is 1. The molecule has 1 fully saturated rings. The molecule has 11 nitrogen and oxygen atoms in total. The highest BCUT2D eigenvalue weighted by Gasteiger charge is 2.26. The van der Waals surface area contributed by atoms with E-state index < -0.39 is 0 Å². The molecule has 1 aliphatic carbocycles. The number of aryl methyl sites for hydroxylation is 1. The van der Waals surface area contributed by atoms with Crippen molar-refractivity contribution in [2.75, 3.05) is 11.9 Å². The minimum atomic E-state index is -0.344. The van der Waals surface area contributed by atoms with Crippen molar-refractivity contribution < 1.29 is 9.90 Å². The molecule has 36 heavy (non-hydrogen) atoms. The molecule has 5 aromatic rings.